The summed E-state index contributed by atoms with van der Waals surface area (Å²) >= 11 is 0. The highest BCUT2D eigenvalue weighted by Gasteiger charge is 2.42. The predicted octanol–water partition coefficient (Wildman–Crippen LogP) is 3.47. The quantitative estimate of drug-likeness (QED) is 0.685. The summed E-state index contributed by atoms with van der Waals surface area (Å²) < 4.78 is 0. The van der Waals surface area contributed by atoms with Crippen LogP contribution in [0.15, 0.2) is 49.1 Å². The molecule has 1 aromatic carbocycles. The molecule has 3 aromatic rings. The van der Waals surface area contributed by atoms with E-state index >= 15 is 0 Å². The first-order valence-electron chi connectivity index (χ1n) is 9.68. The SMILES string of the molecule is C=CC(=O)N1CC(C2CC(c3cc4cc(-c5ccccc5O)nnc4[nH]3)C2)C1. The van der Waals surface area contributed by atoms with Crippen LogP contribution in [0.3, 0.4) is 0 Å². The Labute approximate surface area is 162 Å². The molecule has 0 spiro atoms. The van der Waals surface area contributed by atoms with E-state index in [-0.39, 0.29) is 11.7 Å². The summed E-state index contributed by atoms with van der Waals surface area (Å²) in [6.45, 7) is 5.28. The van der Waals surface area contributed by atoms with Crippen LogP contribution in [0, 0.1) is 11.8 Å². The first-order valence-corrected chi connectivity index (χ1v) is 9.68. The Balaban J connectivity index is 1.28. The van der Waals surface area contributed by atoms with Gasteiger partial charge in [-0.1, -0.05) is 18.7 Å². The lowest BCUT2D eigenvalue weighted by molar-refractivity contribution is -0.134. The summed E-state index contributed by atoms with van der Waals surface area (Å²) in [5, 5.41) is 19.6. The van der Waals surface area contributed by atoms with Crippen molar-refractivity contribution in [2.45, 2.75) is 18.8 Å². The molecule has 6 nitrogen and oxygen atoms in total. The molecule has 1 amide bonds. The minimum Gasteiger partial charge on any atom is -0.507 e. The highest BCUT2D eigenvalue weighted by molar-refractivity contribution is 5.87. The smallest absolute Gasteiger partial charge is 0.245 e. The molecule has 3 heterocycles. The van der Waals surface area contributed by atoms with Crippen molar-refractivity contribution < 1.29 is 9.90 Å². The lowest BCUT2D eigenvalue weighted by Gasteiger charge is -2.49. The molecule has 142 valence electrons. The Morgan fingerprint density at radius 1 is 1.18 bits per heavy atom. The van der Waals surface area contributed by atoms with Crippen LogP contribution in [-0.2, 0) is 4.79 Å². The van der Waals surface area contributed by atoms with E-state index in [4.69, 9.17) is 0 Å². The van der Waals surface area contributed by atoms with E-state index in [1.54, 1.807) is 12.1 Å². The largest absolute Gasteiger partial charge is 0.507 e. The molecule has 1 aliphatic heterocycles. The Morgan fingerprint density at radius 2 is 1.96 bits per heavy atom. The van der Waals surface area contributed by atoms with Gasteiger partial charge in [-0.15, -0.1) is 10.2 Å². The van der Waals surface area contributed by atoms with Crippen molar-refractivity contribution in [1.82, 2.24) is 20.1 Å². The third-order valence-electron chi connectivity index (χ3n) is 6.25. The third-order valence-corrected chi connectivity index (χ3v) is 6.25. The normalized spacial score (nSPS) is 21.9. The Morgan fingerprint density at radius 3 is 2.71 bits per heavy atom. The number of amides is 1. The van der Waals surface area contributed by atoms with Crippen LogP contribution in [0.25, 0.3) is 22.3 Å². The molecule has 1 aliphatic carbocycles. The van der Waals surface area contributed by atoms with Gasteiger partial charge in [-0.3, -0.25) is 4.79 Å². The van der Waals surface area contributed by atoms with Gasteiger partial charge in [0.05, 0.1) is 5.69 Å². The fourth-order valence-corrected chi connectivity index (χ4v) is 4.42. The molecular weight excluding hydrogens is 352 g/mol. The van der Waals surface area contributed by atoms with E-state index in [1.165, 1.54) is 11.8 Å². The van der Waals surface area contributed by atoms with Crippen molar-refractivity contribution in [1.29, 1.82) is 0 Å². The number of hydrogen-bond donors (Lipinski definition) is 2. The molecule has 1 saturated carbocycles. The fourth-order valence-electron chi connectivity index (χ4n) is 4.42. The van der Waals surface area contributed by atoms with Crippen LogP contribution in [0.4, 0.5) is 0 Å². The number of aromatic hydroxyl groups is 1. The molecule has 0 bridgehead atoms. The summed E-state index contributed by atoms with van der Waals surface area (Å²) in [5.41, 5.74) is 3.34. The fraction of sp³-hybridized carbons (Fsp3) is 0.318. The lowest BCUT2D eigenvalue weighted by atomic mass is 9.65. The predicted molar refractivity (Wildman–Crippen MR) is 107 cm³/mol. The molecule has 0 radical (unpaired) electrons. The van der Waals surface area contributed by atoms with Gasteiger partial charge in [-0.25, -0.2) is 0 Å². The third kappa shape index (κ3) is 2.76. The number of fused-ring (bicyclic) bond motifs is 1. The summed E-state index contributed by atoms with van der Waals surface area (Å²) in [6.07, 6.45) is 3.69. The first-order chi connectivity index (χ1) is 13.6. The maximum absolute atomic E-state index is 11.6. The number of phenols is 1. The van der Waals surface area contributed by atoms with Crippen molar-refractivity contribution in [3.8, 4) is 17.0 Å². The van der Waals surface area contributed by atoms with Crippen molar-refractivity contribution in [3.63, 3.8) is 0 Å². The maximum atomic E-state index is 11.6. The van der Waals surface area contributed by atoms with E-state index < -0.39 is 0 Å². The lowest BCUT2D eigenvalue weighted by Crippen LogP contribution is -2.54. The summed E-state index contributed by atoms with van der Waals surface area (Å²) in [5.74, 6) is 2.07. The molecule has 28 heavy (non-hydrogen) atoms. The zero-order valence-corrected chi connectivity index (χ0v) is 15.5. The molecule has 0 unspecified atom stereocenters. The van der Waals surface area contributed by atoms with Crippen LogP contribution in [-0.4, -0.2) is 44.2 Å². The summed E-state index contributed by atoms with van der Waals surface area (Å²) in [7, 11) is 0. The van der Waals surface area contributed by atoms with Crippen LogP contribution in [0.5, 0.6) is 5.75 Å². The van der Waals surface area contributed by atoms with Gasteiger partial charge in [0.25, 0.3) is 0 Å². The molecule has 0 atom stereocenters. The molecule has 2 aliphatic rings. The van der Waals surface area contributed by atoms with Crippen molar-refractivity contribution >= 4 is 16.9 Å². The average Bonchev–Trinajstić information content (AvgIpc) is 3.04. The summed E-state index contributed by atoms with van der Waals surface area (Å²) in [6, 6.07) is 11.3. The van der Waals surface area contributed by atoms with E-state index in [2.05, 4.69) is 27.8 Å². The average molecular weight is 374 g/mol. The highest BCUT2D eigenvalue weighted by atomic mass is 16.3. The molecule has 2 N–H and O–H groups in total. The van der Waals surface area contributed by atoms with E-state index in [0.717, 1.165) is 37.0 Å². The van der Waals surface area contributed by atoms with Gasteiger partial charge < -0.3 is 15.0 Å². The number of aromatic nitrogens is 3. The number of nitrogens with one attached hydrogen (secondary N) is 1. The minimum atomic E-state index is 0.0431. The van der Waals surface area contributed by atoms with Crippen LogP contribution < -0.4 is 0 Å². The number of para-hydroxylation sites is 1. The number of phenolic OH excluding ortho intramolecular Hbond substituents is 1. The second kappa shape index (κ2) is 6.48. The Kier molecular flexibility index (Phi) is 3.93. The molecule has 2 fully saturated rings. The second-order valence-corrected chi connectivity index (χ2v) is 7.91. The van der Waals surface area contributed by atoms with Crippen LogP contribution in [0.1, 0.15) is 24.5 Å². The minimum absolute atomic E-state index is 0.0431. The number of H-pyrrole nitrogens is 1. The summed E-state index contributed by atoms with van der Waals surface area (Å²) in [4.78, 5) is 16.9. The highest BCUT2D eigenvalue weighted by Crippen LogP contribution is 2.47. The molecule has 6 heteroatoms. The van der Waals surface area contributed by atoms with Gasteiger partial charge in [-0.05, 0) is 60.9 Å². The number of aromatic amines is 1. The number of carbonyl (C=O) groups is 1. The molecule has 5 rings (SSSR count). The van der Waals surface area contributed by atoms with Gasteiger partial charge in [0.2, 0.25) is 5.91 Å². The van der Waals surface area contributed by atoms with Crippen LogP contribution in [0.2, 0.25) is 0 Å². The standard InChI is InChI=1S/C22H22N4O2/c1-2-21(28)26-11-16(12-26)13-7-14(8-13)18-9-15-10-19(24-25-22(15)23-18)17-5-3-4-6-20(17)27/h2-6,9-10,13-14,16,27H,1,7-8,11-12H2,(H,23,25). The number of carbonyl (C=O) groups excluding carboxylic acids is 1. The number of likely N-dealkylation sites (tertiary alicyclic amines) is 1. The Hall–Kier alpha value is -3.15. The van der Waals surface area contributed by atoms with Crippen molar-refractivity contribution in [3.05, 3.63) is 54.7 Å². The van der Waals surface area contributed by atoms with Gasteiger partial charge in [0, 0.05) is 29.7 Å². The van der Waals surface area contributed by atoms with Gasteiger partial charge in [0.15, 0.2) is 5.65 Å². The second-order valence-electron chi connectivity index (χ2n) is 7.91. The Bertz CT molecular complexity index is 1060. The number of benzene rings is 1. The number of nitrogens with zero attached hydrogens (tertiary/aromatic N) is 3. The van der Waals surface area contributed by atoms with Gasteiger partial charge >= 0.3 is 0 Å². The molecule has 2 aromatic heterocycles. The van der Waals surface area contributed by atoms with E-state index in [1.807, 2.05) is 23.1 Å². The molecular formula is C22H22N4O2. The van der Waals surface area contributed by atoms with Crippen LogP contribution >= 0.6 is 0 Å². The van der Waals surface area contributed by atoms with Gasteiger partial charge in [-0.2, -0.15) is 0 Å². The van der Waals surface area contributed by atoms with Gasteiger partial charge in [0.1, 0.15) is 5.75 Å². The maximum Gasteiger partial charge on any atom is 0.245 e. The number of hydrogen-bond acceptors (Lipinski definition) is 4. The topological polar surface area (TPSA) is 82.1 Å². The molecule has 1 saturated heterocycles. The zero-order valence-electron chi connectivity index (χ0n) is 15.5. The van der Waals surface area contributed by atoms with Crippen molar-refractivity contribution in [2.75, 3.05) is 13.1 Å². The first kappa shape index (κ1) is 17.0. The number of rotatable bonds is 4. The van der Waals surface area contributed by atoms with Crippen molar-refractivity contribution in [2.24, 2.45) is 11.8 Å². The zero-order chi connectivity index (χ0) is 19.3. The monoisotopic (exact) mass is 374 g/mol. The van der Waals surface area contributed by atoms with E-state index in [9.17, 15) is 9.90 Å². The van der Waals surface area contributed by atoms with E-state index in [0.29, 0.717) is 29.0 Å².